The maximum atomic E-state index is 13.0. The van der Waals surface area contributed by atoms with E-state index >= 15 is 0 Å². The number of aliphatic imine (C=N–C) groups is 1. The first-order valence-electron chi connectivity index (χ1n) is 9.48. The van der Waals surface area contributed by atoms with Crippen molar-refractivity contribution in [1.82, 2.24) is 4.90 Å². The minimum absolute atomic E-state index is 0.0480. The van der Waals surface area contributed by atoms with E-state index < -0.39 is 5.54 Å². The smallest absolute Gasteiger partial charge is 0.250 e. The first kappa shape index (κ1) is 17.5. The standard InChI is InChI=1S/C21H24N4O2/c1-21(15-19(26)23-18-7-3-6-14-25(18)21)20(27)22-16-8-10-17(11-9-16)24-12-4-2-5-13-24/h3,6-11,14H,2,4-5,12-13,15H2,1H3,(H,22,27). The van der Waals surface area contributed by atoms with E-state index in [9.17, 15) is 9.59 Å². The van der Waals surface area contributed by atoms with E-state index in [0.717, 1.165) is 18.8 Å². The van der Waals surface area contributed by atoms with Gasteiger partial charge in [0, 0.05) is 30.7 Å². The number of nitrogens with zero attached hydrogens (tertiary/aromatic N) is 3. The van der Waals surface area contributed by atoms with E-state index in [4.69, 9.17) is 0 Å². The van der Waals surface area contributed by atoms with Crippen LogP contribution in [0.2, 0.25) is 0 Å². The molecule has 2 amide bonds. The molecule has 140 valence electrons. The second-order valence-electron chi connectivity index (χ2n) is 7.43. The Morgan fingerprint density at radius 1 is 1.11 bits per heavy atom. The molecule has 1 aromatic carbocycles. The number of amides is 2. The molecule has 1 atom stereocenters. The molecule has 27 heavy (non-hydrogen) atoms. The van der Waals surface area contributed by atoms with E-state index in [-0.39, 0.29) is 18.2 Å². The number of fused-ring (bicyclic) bond motifs is 1. The van der Waals surface area contributed by atoms with Gasteiger partial charge in [0.25, 0.3) is 11.8 Å². The maximum absolute atomic E-state index is 13.0. The average Bonchev–Trinajstić information content (AvgIpc) is 2.69. The highest BCUT2D eigenvalue weighted by Crippen LogP contribution is 2.30. The largest absolute Gasteiger partial charge is 0.372 e. The van der Waals surface area contributed by atoms with Crippen LogP contribution in [0.15, 0.2) is 53.7 Å². The van der Waals surface area contributed by atoms with Crippen LogP contribution < -0.4 is 10.2 Å². The number of anilines is 2. The third-order valence-corrected chi connectivity index (χ3v) is 5.44. The second-order valence-corrected chi connectivity index (χ2v) is 7.43. The van der Waals surface area contributed by atoms with Gasteiger partial charge in [-0.15, -0.1) is 0 Å². The number of carbonyl (C=O) groups is 2. The van der Waals surface area contributed by atoms with Crippen LogP contribution in [-0.2, 0) is 9.59 Å². The molecule has 0 aromatic heterocycles. The van der Waals surface area contributed by atoms with E-state index in [0.29, 0.717) is 5.84 Å². The molecule has 0 bridgehead atoms. The van der Waals surface area contributed by atoms with E-state index in [1.54, 1.807) is 24.1 Å². The van der Waals surface area contributed by atoms with Gasteiger partial charge in [-0.05, 0) is 62.6 Å². The lowest BCUT2D eigenvalue weighted by Crippen LogP contribution is -2.58. The van der Waals surface area contributed by atoms with Crippen LogP contribution in [0.3, 0.4) is 0 Å². The van der Waals surface area contributed by atoms with Crippen LogP contribution in [0.5, 0.6) is 0 Å². The zero-order valence-electron chi connectivity index (χ0n) is 15.5. The third kappa shape index (κ3) is 3.39. The van der Waals surface area contributed by atoms with Gasteiger partial charge in [0.1, 0.15) is 11.4 Å². The highest BCUT2D eigenvalue weighted by Gasteiger charge is 2.45. The van der Waals surface area contributed by atoms with Crippen molar-refractivity contribution in [3.05, 3.63) is 48.7 Å². The van der Waals surface area contributed by atoms with Gasteiger partial charge in [-0.3, -0.25) is 9.59 Å². The summed E-state index contributed by atoms with van der Waals surface area (Å²) in [6.45, 7) is 3.95. The summed E-state index contributed by atoms with van der Waals surface area (Å²) in [5.41, 5.74) is 0.918. The third-order valence-electron chi connectivity index (χ3n) is 5.44. The summed E-state index contributed by atoms with van der Waals surface area (Å²) < 4.78 is 0. The number of nitrogens with one attached hydrogen (secondary N) is 1. The lowest BCUT2D eigenvalue weighted by molar-refractivity contribution is -0.130. The Bertz CT molecular complexity index is 834. The molecule has 3 aliphatic rings. The summed E-state index contributed by atoms with van der Waals surface area (Å²) in [6.07, 6.45) is 11.0. The first-order valence-corrected chi connectivity index (χ1v) is 9.48. The van der Waals surface area contributed by atoms with Crippen molar-refractivity contribution in [2.75, 3.05) is 23.3 Å². The number of hydrogen-bond donors (Lipinski definition) is 1. The van der Waals surface area contributed by atoms with Crippen LogP contribution in [0.1, 0.15) is 32.6 Å². The summed E-state index contributed by atoms with van der Waals surface area (Å²) in [6, 6.07) is 7.95. The molecule has 0 spiro atoms. The monoisotopic (exact) mass is 364 g/mol. The fourth-order valence-electron chi connectivity index (χ4n) is 3.85. The summed E-state index contributed by atoms with van der Waals surface area (Å²) in [7, 11) is 0. The number of carbonyl (C=O) groups excluding carboxylic acids is 2. The number of hydrogen-bond acceptors (Lipinski definition) is 4. The van der Waals surface area contributed by atoms with E-state index in [1.807, 2.05) is 36.4 Å². The van der Waals surface area contributed by atoms with Gasteiger partial charge in [0.15, 0.2) is 0 Å². The van der Waals surface area contributed by atoms with Crippen molar-refractivity contribution < 1.29 is 9.59 Å². The van der Waals surface area contributed by atoms with Gasteiger partial charge in [-0.25, -0.2) is 0 Å². The lowest BCUT2D eigenvalue weighted by atomic mass is 9.91. The molecule has 0 saturated carbocycles. The molecule has 4 rings (SSSR count). The molecular weight excluding hydrogens is 340 g/mol. The van der Waals surface area contributed by atoms with Crippen molar-refractivity contribution in [3.63, 3.8) is 0 Å². The van der Waals surface area contributed by atoms with E-state index in [1.165, 1.54) is 24.9 Å². The molecule has 1 aromatic rings. The molecule has 1 fully saturated rings. The molecule has 0 aliphatic carbocycles. The molecule has 1 saturated heterocycles. The minimum atomic E-state index is -0.999. The Morgan fingerprint density at radius 3 is 2.59 bits per heavy atom. The maximum Gasteiger partial charge on any atom is 0.250 e. The topological polar surface area (TPSA) is 65.0 Å². The van der Waals surface area contributed by atoms with Gasteiger partial charge in [-0.2, -0.15) is 4.99 Å². The summed E-state index contributed by atoms with van der Waals surface area (Å²) in [4.78, 5) is 33.3. The number of benzene rings is 1. The lowest BCUT2D eigenvalue weighted by Gasteiger charge is -2.41. The summed E-state index contributed by atoms with van der Waals surface area (Å²) in [5, 5.41) is 2.97. The van der Waals surface area contributed by atoms with Crippen LogP contribution >= 0.6 is 0 Å². The molecule has 3 heterocycles. The van der Waals surface area contributed by atoms with Crippen molar-refractivity contribution >= 4 is 29.0 Å². The second kappa shape index (κ2) is 7.02. The van der Waals surface area contributed by atoms with Crippen LogP contribution in [0.25, 0.3) is 0 Å². The highest BCUT2D eigenvalue weighted by atomic mass is 16.2. The van der Waals surface area contributed by atoms with Crippen LogP contribution in [0, 0.1) is 0 Å². The number of piperidine rings is 1. The van der Waals surface area contributed by atoms with Gasteiger partial charge >= 0.3 is 0 Å². The number of allylic oxidation sites excluding steroid dienone is 2. The number of amidine groups is 1. The molecule has 0 radical (unpaired) electrons. The zero-order chi connectivity index (χ0) is 18.9. The fourth-order valence-corrected chi connectivity index (χ4v) is 3.85. The summed E-state index contributed by atoms with van der Waals surface area (Å²) in [5.74, 6) is 0.0139. The molecule has 1 N–H and O–H groups in total. The molecular formula is C21H24N4O2. The van der Waals surface area contributed by atoms with Gasteiger partial charge in [-0.1, -0.05) is 6.08 Å². The quantitative estimate of drug-likeness (QED) is 0.895. The predicted octanol–water partition coefficient (Wildman–Crippen LogP) is 3.09. The number of rotatable bonds is 3. The van der Waals surface area contributed by atoms with Crippen molar-refractivity contribution in [3.8, 4) is 0 Å². The van der Waals surface area contributed by atoms with Gasteiger partial charge in [0.2, 0.25) is 0 Å². The normalized spacial score (nSPS) is 24.5. The molecule has 6 heteroatoms. The minimum Gasteiger partial charge on any atom is -0.372 e. The van der Waals surface area contributed by atoms with Gasteiger partial charge < -0.3 is 15.1 Å². The van der Waals surface area contributed by atoms with Gasteiger partial charge in [0.05, 0.1) is 6.42 Å². The molecule has 6 nitrogen and oxygen atoms in total. The van der Waals surface area contributed by atoms with Crippen LogP contribution in [0.4, 0.5) is 11.4 Å². The molecule has 3 aliphatic heterocycles. The summed E-state index contributed by atoms with van der Waals surface area (Å²) >= 11 is 0. The first-order chi connectivity index (χ1) is 13.1. The Kier molecular flexibility index (Phi) is 4.56. The van der Waals surface area contributed by atoms with Crippen LogP contribution in [-0.4, -0.2) is 41.2 Å². The Balaban J connectivity index is 1.50. The Hall–Kier alpha value is -2.89. The van der Waals surface area contributed by atoms with Crippen molar-refractivity contribution in [2.24, 2.45) is 4.99 Å². The van der Waals surface area contributed by atoms with Crippen molar-refractivity contribution in [2.45, 2.75) is 38.1 Å². The SMILES string of the molecule is CC1(C(=O)Nc2ccc(N3CCCCC3)cc2)CC(=O)N=C2C=CC=CN21. The molecule has 1 unspecified atom stereocenters. The highest BCUT2D eigenvalue weighted by molar-refractivity contribution is 6.11. The predicted molar refractivity (Wildman–Crippen MR) is 107 cm³/mol. The Labute approximate surface area is 159 Å². The van der Waals surface area contributed by atoms with Crippen molar-refractivity contribution in [1.29, 1.82) is 0 Å². The zero-order valence-corrected chi connectivity index (χ0v) is 15.5. The average molecular weight is 364 g/mol. The fraction of sp³-hybridized carbons (Fsp3) is 0.381. The Morgan fingerprint density at radius 2 is 1.85 bits per heavy atom. The van der Waals surface area contributed by atoms with E-state index in [2.05, 4.69) is 15.2 Å².